The number of ether oxygens (including phenoxy) is 1. The molecule has 0 spiro atoms. The molecule has 102 valence electrons. The third-order valence-electron chi connectivity index (χ3n) is 2.47. The summed E-state index contributed by atoms with van der Waals surface area (Å²) in [6.07, 6.45) is 1.23. The van der Waals surface area contributed by atoms with E-state index in [2.05, 4.69) is 67.1 Å². The number of hydrogen-bond donors (Lipinski definition) is 1. The van der Waals surface area contributed by atoms with Crippen LogP contribution in [0.5, 0.6) is 0 Å². The Morgan fingerprint density at radius 2 is 2.06 bits per heavy atom. The summed E-state index contributed by atoms with van der Waals surface area (Å²) in [5.74, 6) is 0. The quantitative estimate of drug-likeness (QED) is 0.790. The number of nitrogens with one attached hydrogen (secondary N) is 1. The molecule has 0 aliphatic carbocycles. The van der Waals surface area contributed by atoms with E-state index in [-0.39, 0.29) is 11.7 Å². The van der Waals surface area contributed by atoms with E-state index < -0.39 is 0 Å². The molecule has 3 heteroatoms. The lowest BCUT2D eigenvalue weighted by molar-refractivity contribution is -0.0605. The Labute approximate surface area is 119 Å². The summed E-state index contributed by atoms with van der Waals surface area (Å²) in [6, 6.07) is 8.34. The summed E-state index contributed by atoms with van der Waals surface area (Å²) < 4.78 is 7.24. The molecule has 0 saturated heterocycles. The van der Waals surface area contributed by atoms with Gasteiger partial charge in [-0.1, -0.05) is 35.0 Å². The predicted octanol–water partition coefficient (Wildman–Crippen LogP) is 4.30. The molecule has 1 N–H and O–H groups in total. The molecule has 1 atom stereocenters. The van der Waals surface area contributed by atoms with E-state index in [1.165, 1.54) is 5.56 Å². The molecule has 0 radical (unpaired) electrons. The SMILES string of the molecule is CCCNCC(OC(C)(C)C)c1cccc(Br)c1. The van der Waals surface area contributed by atoms with Crippen LogP contribution in [-0.2, 0) is 4.74 Å². The largest absolute Gasteiger partial charge is 0.367 e. The van der Waals surface area contributed by atoms with Gasteiger partial charge in [-0.25, -0.2) is 0 Å². The summed E-state index contributed by atoms with van der Waals surface area (Å²) in [4.78, 5) is 0. The van der Waals surface area contributed by atoms with Crippen LogP contribution in [0, 0.1) is 0 Å². The lowest BCUT2D eigenvalue weighted by Gasteiger charge is -2.28. The zero-order valence-electron chi connectivity index (χ0n) is 11.8. The fourth-order valence-electron chi connectivity index (χ4n) is 1.77. The first-order valence-electron chi connectivity index (χ1n) is 6.56. The molecule has 1 aromatic rings. The summed E-state index contributed by atoms with van der Waals surface area (Å²) >= 11 is 3.52. The van der Waals surface area contributed by atoms with E-state index in [1.807, 2.05) is 6.07 Å². The van der Waals surface area contributed by atoms with Gasteiger partial charge in [-0.3, -0.25) is 0 Å². The van der Waals surface area contributed by atoms with Crippen LogP contribution >= 0.6 is 15.9 Å². The predicted molar refractivity (Wildman–Crippen MR) is 80.9 cm³/mol. The van der Waals surface area contributed by atoms with E-state index in [9.17, 15) is 0 Å². The highest BCUT2D eigenvalue weighted by atomic mass is 79.9. The standard InChI is InChI=1S/C15H24BrNO/c1-5-9-17-11-14(18-15(2,3)4)12-7-6-8-13(16)10-12/h6-8,10,14,17H,5,9,11H2,1-4H3. The fourth-order valence-corrected chi connectivity index (χ4v) is 2.19. The van der Waals surface area contributed by atoms with Crippen molar-refractivity contribution in [2.75, 3.05) is 13.1 Å². The van der Waals surface area contributed by atoms with E-state index in [0.29, 0.717) is 0 Å². The molecule has 0 fully saturated rings. The number of benzene rings is 1. The van der Waals surface area contributed by atoms with Gasteiger partial charge in [0, 0.05) is 11.0 Å². The summed E-state index contributed by atoms with van der Waals surface area (Å²) in [5.41, 5.74) is 1.07. The topological polar surface area (TPSA) is 21.3 Å². The smallest absolute Gasteiger partial charge is 0.0956 e. The van der Waals surface area contributed by atoms with Crippen molar-refractivity contribution in [1.29, 1.82) is 0 Å². The maximum atomic E-state index is 6.14. The Hall–Kier alpha value is -0.380. The third-order valence-corrected chi connectivity index (χ3v) is 2.97. The van der Waals surface area contributed by atoms with Crippen LogP contribution in [0.2, 0.25) is 0 Å². The molecule has 0 bridgehead atoms. The second-order valence-corrected chi connectivity index (χ2v) is 6.39. The van der Waals surface area contributed by atoms with Crippen LogP contribution in [0.25, 0.3) is 0 Å². The Morgan fingerprint density at radius 1 is 1.33 bits per heavy atom. The van der Waals surface area contributed by atoms with Crippen molar-refractivity contribution in [3.05, 3.63) is 34.3 Å². The van der Waals surface area contributed by atoms with Crippen molar-refractivity contribution in [3.63, 3.8) is 0 Å². The Balaban J connectivity index is 2.76. The maximum absolute atomic E-state index is 6.14. The normalized spacial score (nSPS) is 13.6. The molecule has 0 aliphatic rings. The van der Waals surface area contributed by atoms with Gasteiger partial charge in [0.1, 0.15) is 0 Å². The van der Waals surface area contributed by atoms with Gasteiger partial charge in [0.25, 0.3) is 0 Å². The number of halogens is 1. The Kier molecular flexibility index (Phi) is 6.33. The van der Waals surface area contributed by atoms with E-state index in [0.717, 1.165) is 24.0 Å². The first-order valence-corrected chi connectivity index (χ1v) is 7.35. The van der Waals surface area contributed by atoms with Gasteiger partial charge >= 0.3 is 0 Å². The Morgan fingerprint density at radius 3 is 2.61 bits per heavy atom. The fraction of sp³-hybridized carbons (Fsp3) is 0.600. The highest BCUT2D eigenvalue weighted by molar-refractivity contribution is 9.10. The van der Waals surface area contributed by atoms with Crippen molar-refractivity contribution in [1.82, 2.24) is 5.32 Å². The minimum atomic E-state index is -0.138. The highest BCUT2D eigenvalue weighted by Crippen LogP contribution is 2.25. The molecule has 0 saturated carbocycles. The van der Waals surface area contributed by atoms with Crippen molar-refractivity contribution in [3.8, 4) is 0 Å². The minimum Gasteiger partial charge on any atom is -0.367 e. The zero-order chi connectivity index (χ0) is 13.6. The van der Waals surface area contributed by atoms with Crippen molar-refractivity contribution in [2.24, 2.45) is 0 Å². The van der Waals surface area contributed by atoms with Crippen molar-refractivity contribution >= 4 is 15.9 Å². The first-order chi connectivity index (χ1) is 8.42. The average Bonchev–Trinajstić information content (AvgIpc) is 2.26. The maximum Gasteiger partial charge on any atom is 0.0956 e. The summed E-state index contributed by atoms with van der Waals surface area (Å²) in [5, 5.41) is 3.44. The molecule has 1 aromatic carbocycles. The van der Waals surface area contributed by atoms with E-state index in [4.69, 9.17) is 4.74 Å². The van der Waals surface area contributed by atoms with Gasteiger partial charge in [0.2, 0.25) is 0 Å². The molecule has 0 aliphatic heterocycles. The van der Waals surface area contributed by atoms with Gasteiger partial charge in [-0.05, 0) is 51.4 Å². The van der Waals surface area contributed by atoms with E-state index >= 15 is 0 Å². The Bertz CT molecular complexity index is 360. The second kappa shape index (κ2) is 7.27. The molecule has 0 aromatic heterocycles. The van der Waals surface area contributed by atoms with Gasteiger partial charge in [-0.15, -0.1) is 0 Å². The van der Waals surface area contributed by atoms with Gasteiger partial charge < -0.3 is 10.1 Å². The van der Waals surface area contributed by atoms with Crippen LogP contribution < -0.4 is 5.32 Å². The van der Waals surface area contributed by atoms with Crippen LogP contribution in [0.3, 0.4) is 0 Å². The molecular formula is C15H24BrNO. The molecule has 2 nitrogen and oxygen atoms in total. The molecule has 0 heterocycles. The lowest BCUT2D eigenvalue weighted by Crippen LogP contribution is -2.30. The van der Waals surface area contributed by atoms with E-state index in [1.54, 1.807) is 0 Å². The van der Waals surface area contributed by atoms with Gasteiger partial charge in [-0.2, -0.15) is 0 Å². The highest BCUT2D eigenvalue weighted by Gasteiger charge is 2.20. The third kappa shape index (κ3) is 5.98. The summed E-state index contributed by atoms with van der Waals surface area (Å²) in [6.45, 7) is 10.3. The van der Waals surface area contributed by atoms with Crippen LogP contribution in [-0.4, -0.2) is 18.7 Å². The minimum absolute atomic E-state index is 0.0917. The van der Waals surface area contributed by atoms with Crippen LogP contribution in [0.1, 0.15) is 45.8 Å². The van der Waals surface area contributed by atoms with Crippen LogP contribution in [0.4, 0.5) is 0 Å². The first kappa shape index (κ1) is 15.7. The molecule has 1 unspecified atom stereocenters. The van der Waals surface area contributed by atoms with Crippen LogP contribution in [0.15, 0.2) is 28.7 Å². The molecule has 0 amide bonds. The summed E-state index contributed by atoms with van der Waals surface area (Å²) in [7, 11) is 0. The molecule has 1 rings (SSSR count). The van der Waals surface area contributed by atoms with Gasteiger partial charge in [0.15, 0.2) is 0 Å². The van der Waals surface area contributed by atoms with Crippen molar-refractivity contribution < 1.29 is 4.74 Å². The van der Waals surface area contributed by atoms with Gasteiger partial charge in [0.05, 0.1) is 11.7 Å². The number of hydrogen-bond acceptors (Lipinski definition) is 2. The monoisotopic (exact) mass is 313 g/mol. The van der Waals surface area contributed by atoms with Crippen molar-refractivity contribution in [2.45, 2.75) is 45.8 Å². The zero-order valence-corrected chi connectivity index (χ0v) is 13.4. The lowest BCUT2D eigenvalue weighted by atomic mass is 10.1. The number of rotatable bonds is 6. The molecule has 18 heavy (non-hydrogen) atoms. The second-order valence-electron chi connectivity index (χ2n) is 5.48. The average molecular weight is 314 g/mol. The molecular weight excluding hydrogens is 290 g/mol.